The quantitative estimate of drug-likeness (QED) is 0.642. The first kappa shape index (κ1) is 14.8. The van der Waals surface area contributed by atoms with Gasteiger partial charge in [0.2, 0.25) is 5.91 Å². The van der Waals surface area contributed by atoms with Crippen molar-refractivity contribution in [2.24, 2.45) is 0 Å². The molecule has 1 heterocycles. The summed E-state index contributed by atoms with van der Waals surface area (Å²) >= 11 is 0. The lowest BCUT2D eigenvalue weighted by Gasteiger charge is -2.20. The van der Waals surface area contributed by atoms with Gasteiger partial charge in [-0.1, -0.05) is 37.8 Å². The molecule has 0 aliphatic heterocycles. The second kappa shape index (κ2) is 7.82. The Morgan fingerprint density at radius 3 is 3.00 bits per heavy atom. The number of nitrogens with one attached hydrogen (secondary N) is 1. The molecule has 5 heteroatoms. The van der Waals surface area contributed by atoms with Crippen molar-refractivity contribution in [3.8, 4) is 0 Å². The molecule has 0 spiro atoms. The van der Waals surface area contributed by atoms with Gasteiger partial charge in [-0.15, -0.1) is 5.10 Å². The summed E-state index contributed by atoms with van der Waals surface area (Å²) in [5, 5.41) is 11.1. The minimum atomic E-state index is -0.0642. The van der Waals surface area contributed by atoms with E-state index in [1.165, 1.54) is 38.2 Å². The fraction of sp³-hybridized carbons (Fsp3) is 0.667. The molecule has 1 fully saturated rings. The molecule has 1 saturated carbocycles. The van der Waals surface area contributed by atoms with Crippen LogP contribution < -0.4 is 5.32 Å². The third-order valence-electron chi connectivity index (χ3n) is 3.71. The van der Waals surface area contributed by atoms with Gasteiger partial charge >= 0.3 is 0 Å². The molecule has 1 aromatic heterocycles. The van der Waals surface area contributed by atoms with Gasteiger partial charge in [-0.25, -0.2) is 4.68 Å². The molecule has 2 rings (SSSR count). The highest BCUT2D eigenvalue weighted by Gasteiger charge is 2.16. The van der Waals surface area contributed by atoms with Gasteiger partial charge in [0.25, 0.3) is 0 Å². The first-order valence-corrected chi connectivity index (χ1v) is 7.67. The highest BCUT2D eigenvalue weighted by molar-refractivity contribution is 5.91. The number of hydrogen-bond acceptors (Lipinski definition) is 3. The van der Waals surface area contributed by atoms with Crippen LogP contribution in [0.25, 0.3) is 6.08 Å². The Balaban J connectivity index is 1.83. The molecule has 1 aliphatic carbocycles. The largest absolute Gasteiger partial charge is 0.353 e. The molecule has 1 aromatic rings. The number of amides is 1. The maximum absolute atomic E-state index is 11.5. The first-order chi connectivity index (χ1) is 9.79. The fourth-order valence-corrected chi connectivity index (χ4v) is 2.50. The molecular formula is C15H24N4O. The van der Waals surface area contributed by atoms with E-state index < -0.39 is 0 Å². The molecule has 0 atom stereocenters. The average Bonchev–Trinajstić information content (AvgIpc) is 2.95. The summed E-state index contributed by atoms with van der Waals surface area (Å²) < 4.78 is 1.95. The Morgan fingerprint density at radius 1 is 1.45 bits per heavy atom. The zero-order chi connectivity index (χ0) is 14.2. The molecule has 20 heavy (non-hydrogen) atoms. The molecule has 0 bridgehead atoms. The average molecular weight is 276 g/mol. The van der Waals surface area contributed by atoms with Crippen LogP contribution in [-0.4, -0.2) is 27.4 Å². The van der Waals surface area contributed by atoms with Crippen molar-refractivity contribution in [2.75, 3.05) is 6.54 Å². The van der Waals surface area contributed by atoms with Crippen molar-refractivity contribution in [3.05, 3.63) is 18.0 Å². The van der Waals surface area contributed by atoms with Crippen molar-refractivity contribution < 1.29 is 4.79 Å². The minimum Gasteiger partial charge on any atom is -0.353 e. The number of aromatic nitrogens is 3. The molecule has 0 aromatic carbocycles. The van der Waals surface area contributed by atoms with Gasteiger partial charge in [-0.2, -0.15) is 0 Å². The van der Waals surface area contributed by atoms with Crippen LogP contribution in [0.4, 0.5) is 0 Å². The number of carbonyl (C=O) groups is 1. The number of rotatable bonds is 6. The number of nitrogens with zero attached hydrogens (tertiary/aromatic N) is 3. The van der Waals surface area contributed by atoms with Gasteiger partial charge in [0, 0.05) is 12.6 Å². The fourth-order valence-electron chi connectivity index (χ4n) is 2.50. The van der Waals surface area contributed by atoms with Crippen LogP contribution in [0.3, 0.4) is 0 Å². The van der Waals surface area contributed by atoms with E-state index in [9.17, 15) is 4.79 Å². The van der Waals surface area contributed by atoms with E-state index in [0.29, 0.717) is 6.04 Å². The van der Waals surface area contributed by atoms with Crippen molar-refractivity contribution in [1.82, 2.24) is 20.3 Å². The minimum absolute atomic E-state index is 0.0642. The predicted octanol–water partition coefficient (Wildman–Crippen LogP) is 2.71. The van der Waals surface area contributed by atoms with Gasteiger partial charge in [-0.05, 0) is 25.3 Å². The third kappa shape index (κ3) is 4.47. The van der Waals surface area contributed by atoms with E-state index in [0.717, 1.165) is 25.1 Å². The van der Waals surface area contributed by atoms with Crippen molar-refractivity contribution in [3.63, 3.8) is 0 Å². The SMILES string of the molecule is CCCCNC(=O)/C=C\c1cn(C2CCCCC2)nn1. The van der Waals surface area contributed by atoms with Crippen LogP contribution in [0.15, 0.2) is 12.3 Å². The molecule has 1 aliphatic rings. The maximum Gasteiger partial charge on any atom is 0.244 e. The summed E-state index contributed by atoms with van der Waals surface area (Å²) in [5.41, 5.74) is 0.751. The number of unbranched alkanes of at least 4 members (excludes halogenated alkanes) is 1. The van der Waals surface area contributed by atoms with Crippen LogP contribution in [0.2, 0.25) is 0 Å². The lowest BCUT2D eigenvalue weighted by Crippen LogP contribution is -2.21. The molecule has 0 saturated heterocycles. The second-order valence-corrected chi connectivity index (χ2v) is 5.39. The zero-order valence-corrected chi connectivity index (χ0v) is 12.2. The summed E-state index contributed by atoms with van der Waals surface area (Å²) in [6.07, 6.45) is 13.5. The summed E-state index contributed by atoms with van der Waals surface area (Å²) in [7, 11) is 0. The van der Waals surface area contributed by atoms with E-state index in [2.05, 4.69) is 22.6 Å². The topological polar surface area (TPSA) is 59.8 Å². The molecule has 5 nitrogen and oxygen atoms in total. The zero-order valence-electron chi connectivity index (χ0n) is 12.2. The molecule has 0 unspecified atom stereocenters. The Kier molecular flexibility index (Phi) is 5.77. The van der Waals surface area contributed by atoms with Crippen LogP contribution in [0.5, 0.6) is 0 Å². The molecule has 1 N–H and O–H groups in total. The molecule has 110 valence electrons. The molecule has 0 radical (unpaired) electrons. The molecular weight excluding hydrogens is 252 g/mol. The van der Waals surface area contributed by atoms with Crippen LogP contribution in [0, 0.1) is 0 Å². The van der Waals surface area contributed by atoms with E-state index in [1.807, 2.05) is 10.9 Å². The predicted molar refractivity (Wildman–Crippen MR) is 79.1 cm³/mol. The lowest BCUT2D eigenvalue weighted by molar-refractivity contribution is -0.116. The number of carbonyl (C=O) groups excluding carboxylic acids is 1. The van der Waals surface area contributed by atoms with Crippen molar-refractivity contribution >= 4 is 12.0 Å². The maximum atomic E-state index is 11.5. The monoisotopic (exact) mass is 276 g/mol. The van der Waals surface area contributed by atoms with Gasteiger partial charge in [0.05, 0.1) is 12.2 Å². The Morgan fingerprint density at radius 2 is 2.25 bits per heavy atom. The van der Waals surface area contributed by atoms with E-state index in [1.54, 1.807) is 6.08 Å². The smallest absolute Gasteiger partial charge is 0.244 e. The summed E-state index contributed by atoms with van der Waals surface area (Å²) in [6, 6.07) is 0.483. The standard InChI is InChI=1S/C15H24N4O/c1-2-3-11-16-15(20)10-9-13-12-19(18-17-13)14-7-5-4-6-8-14/h9-10,12,14H,2-8,11H2,1H3,(H,16,20)/b10-9-. The summed E-state index contributed by atoms with van der Waals surface area (Å²) in [4.78, 5) is 11.5. The molecule has 1 amide bonds. The second-order valence-electron chi connectivity index (χ2n) is 5.39. The van der Waals surface area contributed by atoms with Gasteiger partial charge < -0.3 is 5.32 Å². The van der Waals surface area contributed by atoms with Gasteiger partial charge in [0.1, 0.15) is 5.69 Å². The van der Waals surface area contributed by atoms with Crippen molar-refractivity contribution in [2.45, 2.75) is 57.9 Å². The first-order valence-electron chi connectivity index (χ1n) is 7.67. The van der Waals surface area contributed by atoms with Gasteiger partial charge in [-0.3, -0.25) is 4.79 Å². The summed E-state index contributed by atoms with van der Waals surface area (Å²) in [5.74, 6) is -0.0642. The third-order valence-corrected chi connectivity index (χ3v) is 3.71. The van der Waals surface area contributed by atoms with Crippen LogP contribution in [0.1, 0.15) is 63.6 Å². The lowest BCUT2D eigenvalue weighted by atomic mass is 9.96. The van der Waals surface area contributed by atoms with Crippen molar-refractivity contribution in [1.29, 1.82) is 0 Å². The van der Waals surface area contributed by atoms with Crippen LogP contribution >= 0.6 is 0 Å². The summed E-state index contributed by atoms with van der Waals surface area (Å²) in [6.45, 7) is 2.83. The Bertz CT molecular complexity index is 446. The van der Waals surface area contributed by atoms with Crippen LogP contribution in [-0.2, 0) is 4.79 Å². The van der Waals surface area contributed by atoms with E-state index in [4.69, 9.17) is 0 Å². The highest BCUT2D eigenvalue weighted by Crippen LogP contribution is 2.27. The Hall–Kier alpha value is -1.65. The normalized spacial score (nSPS) is 16.6. The van der Waals surface area contributed by atoms with E-state index in [-0.39, 0.29) is 5.91 Å². The Labute approximate surface area is 120 Å². The van der Waals surface area contributed by atoms with E-state index >= 15 is 0 Å². The van der Waals surface area contributed by atoms with Gasteiger partial charge in [0.15, 0.2) is 0 Å². The highest BCUT2D eigenvalue weighted by atomic mass is 16.1. The number of hydrogen-bond donors (Lipinski definition) is 1.